The summed E-state index contributed by atoms with van der Waals surface area (Å²) < 4.78 is 14.0. The van der Waals surface area contributed by atoms with Gasteiger partial charge in [-0.15, -0.1) is 0 Å². The van der Waals surface area contributed by atoms with Crippen molar-refractivity contribution in [1.82, 2.24) is 10.2 Å². The molecular formula is C17H30FN3. The predicted octanol–water partition coefficient (Wildman–Crippen LogP) is 3.19. The molecule has 1 N–H and O–H groups in total. The van der Waals surface area contributed by atoms with Gasteiger partial charge in [0, 0.05) is 31.4 Å². The lowest BCUT2D eigenvalue weighted by Crippen LogP contribution is -2.33. The average molecular weight is 295 g/mol. The second-order valence-electron chi connectivity index (χ2n) is 5.96. The molecule has 0 heterocycles. The number of hydrogen-bond donors (Lipinski definition) is 1. The Balaban J connectivity index is 3.17. The summed E-state index contributed by atoms with van der Waals surface area (Å²) in [6.45, 7) is 9.02. The Morgan fingerprint density at radius 3 is 2.38 bits per heavy atom. The van der Waals surface area contributed by atoms with Gasteiger partial charge in [-0.05, 0) is 64.7 Å². The molecule has 0 spiro atoms. The largest absolute Gasteiger partial charge is 0.370 e. The van der Waals surface area contributed by atoms with E-state index in [0.717, 1.165) is 37.3 Å². The molecule has 0 aromatic heterocycles. The number of aryl methyl sites for hydroxylation is 1. The maximum Gasteiger partial charge on any atom is 0.126 e. The summed E-state index contributed by atoms with van der Waals surface area (Å²) in [5.41, 5.74) is 2.90. The fourth-order valence-electron chi connectivity index (χ4n) is 2.40. The molecule has 3 nitrogen and oxygen atoms in total. The van der Waals surface area contributed by atoms with Crippen molar-refractivity contribution in [3.05, 3.63) is 29.1 Å². The van der Waals surface area contributed by atoms with Gasteiger partial charge in [-0.25, -0.2) is 4.39 Å². The third-order valence-electron chi connectivity index (χ3n) is 3.86. The Kier molecular flexibility index (Phi) is 7.12. The third-order valence-corrected chi connectivity index (χ3v) is 3.86. The van der Waals surface area contributed by atoms with Gasteiger partial charge in [-0.2, -0.15) is 0 Å². The smallest absolute Gasteiger partial charge is 0.126 e. The Bertz CT molecular complexity index is 446. The summed E-state index contributed by atoms with van der Waals surface area (Å²) in [7, 11) is 6.07. The molecule has 0 bridgehead atoms. The summed E-state index contributed by atoms with van der Waals surface area (Å²) >= 11 is 0. The lowest BCUT2D eigenvalue weighted by atomic mass is 10.0. The van der Waals surface area contributed by atoms with Crippen LogP contribution in [0.1, 0.15) is 37.4 Å². The van der Waals surface area contributed by atoms with Crippen LogP contribution in [-0.4, -0.2) is 45.7 Å². The van der Waals surface area contributed by atoms with Crippen LogP contribution >= 0.6 is 0 Å². The normalized spacial score (nSPS) is 12.8. The molecule has 21 heavy (non-hydrogen) atoms. The Morgan fingerprint density at radius 1 is 1.19 bits per heavy atom. The second-order valence-corrected chi connectivity index (χ2v) is 5.96. The highest BCUT2D eigenvalue weighted by atomic mass is 19.1. The fraction of sp³-hybridized carbons (Fsp3) is 0.647. The van der Waals surface area contributed by atoms with Gasteiger partial charge in [-0.1, -0.05) is 6.92 Å². The first-order valence-corrected chi connectivity index (χ1v) is 7.77. The zero-order chi connectivity index (χ0) is 16.0. The molecule has 0 aliphatic rings. The molecular weight excluding hydrogens is 265 g/mol. The maximum atomic E-state index is 14.0. The SMILES string of the molecule is CCCN(CCN(C)C)c1cc(C)c(F)cc1C(C)NC. The number of nitrogens with one attached hydrogen (secondary N) is 1. The molecule has 0 saturated carbocycles. The van der Waals surface area contributed by atoms with Gasteiger partial charge >= 0.3 is 0 Å². The first kappa shape index (κ1) is 17.9. The number of anilines is 1. The van der Waals surface area contributed by atoms with E-state index in [1.54, 1.807) is 6.07 Å². The zero-order valence-electron chi connectivity index (χ0n) is 14.3. The van der Waals surface area contributed by atoms with E-state index in [4.69, 9.17) is 0 Å². The number of benzene rings is 1. The number of nitrogens with zero attached hydrogens (tertiary/aromatic N) is 2. The standard InChI is InChI=1S/C17H30FN3/c1-7-8-21(10-9-20(5)6)17-11-13(2)16(18)12-15(17)14(3)19-4/h11-12,14,19H,7-10H2,1-6H3. The van der Waals surface area contributed by atoms with Crippen molar-refractivity contribution >= 4 is 5.69 Å². The summed E-state index contributed by atoms with van der Waals surface area (Å²) in [6.07, 6.45) is 1.08. The van der Waals surface area contributed by atoms with Crippen LogP contribution in [0.15, 0.2) is 12.1 Å². The van der Waals surface area contributed by atoms with Crippen molar-refractivity contribution in [3.8, 4) is 0 Å². The molecule has 0 fully saturated rings. The van der Waals surface area contributed by atoms with Crippen LogP contribution in [0.5, 0.6) is 0 Å². The molecule has 4 heteroatoms. The quantitative estimate of drug-likeness (QED) is 0.794. The highest BCUT2D eigenvalue weighted by molar-refractivity contribution is 5.57. The number of rotatable bonds is 8. The van der Waals surface area contributed by atoms with Gasteiger partial charge in [0.2, 0.25) is 0 Å². The molecule has 0 saturated heterocycles. The predicted molar refractivity (Wildman–Crippen MR) is 89.7 cm³/mol. The number of likely N-dealkylation sites (N-methyl/N-ethyl adjacent to an activating group) is 1. The molecule has 1 rings (SSSR count). The van der Waals surface area contributed by atoms with E-state index < -0.39 is 0 Å². The molecule has 0 amide bonds. The first-order chi connectivity index (χ1) is 9.90. The Morgan fingerprint density at radius 2 is 1.86 bits per heavy atom. The summed E-state index contributed by atoms with van der Waals surface area (Å²) in [5, 5.41) is 3.23. The van der Waals surface area contributed by atoms with E-state index in [0.29, 0.717) is 5.56 Å². The minimum Gasteiger partial charge on any atom is -0.370 e. The van der Waals surface area contributed by atoms with Gasteiger partial charge in [0.05, 0.1) is 0 Å². The molecule has 0 aliphatic heterocycles. The van der Waals surface area contributed by atoms with E-state index in [-0.39, 0.29) is 11.9 Å². The molecule has 1 atom stereocenters. The summed E-state index contributed by atoms with van der Waals surface area (Å²) in [6, 6.07) is 3.81. The highest BCUT2D eigenvalue weighted by Crippen LogP contribution is 2.29. The minimum atomic E-state index is -0.125. The van der Waals surface area contributed by atoms with E-state index in [1.807, 2.05) is 20.0 Å². The molecule has 1 aromatic rings. The third kappa shape index (κ3) is 4.97. The molecule has 1 unspecified atom stereocenters. The molecule has 120 valence electrons. The van der Waals surface area contributed by atoms with Gasteiger partial charge in [-0.3, -0.25) is 0 Å². The van der Waals surface area contributed by atoms with Crippen molar-refractivity contribution in [3.63, 3.8) is 0 Å². The van der Waals surface area contributed by atoms with Crippen molar-refractivity contribution in [1.29, 1.82) is 0 Å². The maximum absolute atomic E-state index is 14.0. The van der Waals surface area contributed by atoms with E-state index in [9.17, 15) is 4.39 Å². The number of hydrogen-bond acceptors (Lipinski definition) is 3. The van der Waals surface area contributed by atoms with Gasteiger partial charge in [0.1, 0.15) is 5.82 Å². The monoisotopic (exact) mass is 295 g/mol. The van der Waals surface area contributed by atoms with E-state index >= 15 is 0 Å². The molecule has 0 radical (unpaired) electrons. The second kappa shape index (κ2) is 8.35. The van der Waals surface area contributed by atoms with Crippen LogP contribution in [0.25, 0.3) is 0 Å². The van der Waals surface area contributed by atoms with Crippen LogP contribution in [0.2, 0.25) is 0 Å². The van der Waals surface area contributed by atoms with Crippen LogP contribution in [0.4, 0.5) is 10.1 Å². The van der Waals surface area contributed by atoms with E-state index in [1.165, 1.54) is 0 Å². The first-order valence-electron chi connectivity index (χ1n) is 7.77. The highest BCUT2D eigenvalue weighted by Gasteiger charge is 2.17. The van der Waals surface area contributed by atoms with Crippen LogP contribution in [-0.2, 0) is 0 Å². The van der Waals surface area contributed by atoms with Crippen molar-refractivity contribution < 1.29 is 4.39 Å². The van der Waals surface area contributed by atoms with Crippen molar-refractivity contribution in [2.75, 3.05) is 45.7 Å². The lowest BCUT2D eigenvalue weighted by Gasteiger charge is -2.30. The molecule has 1 aromatic carbocycles. The van der Waals surface area contributed by atoms with Gasteiger partial charge < -0.3 is 15.1 Å². The van der Waals surface area contributed by atoms with Crippen LogP contribution < -0.4 is 10.2 Å². The van der Waals surface area contributed by atoms with Crippen molar-refractivity contribution in [2.24, 2.45) is 0 Å². The van der Waals surface area contributed by atoms with Crippen LogP contribution in [0, 0.1) is 12.7 Å². The van der Waals surface area contributed by atoms with Gasteiger partial charge in [0.15, 0.2) is 0 Å². The average Bonchev–Trinajstić information content (AvgIpc) is 2.45. The van der Waals surface area contributed by atoms with E-state index in [2.05, 4.69) is 43.1 Å². The zero-order valence-corrected chi connectivity index (χ0v) is 14.3. The summed E-state index contributed by atoms with van der Waals surface area (Å²) in [4.78, 5) is 4.55. The molecule has 0 aliphatic carbocycles. The lowest BCUT2D eigenvalue weighted by molar-refractivity contribution is 0.412. The van der Waals surface area contributed by atoms with Crippen LogP contribution in [0.3, 0.4) is 0 Å². The fourth-order valence-corrected chi connectivity index (χ4v) is 2.40. The Hall–Kier alpha value is -1.13. The van der Waals surface area contributed by atoms with Crippen molar-refractivity contribution in [2.45, 2.75) is 33.2 Å². The topological polar surface area (TPSA) is 18.5 Å². The Labute approximate surface area is 129 Å². The number of halogens is 1. The van der Waals surface area contributed by atoms with Gasteiger partial charge in [0.25, 0.3) is 0 Å². The summed E-state index contributed by atoms with van der Waals surface area (Å²) in [5.74, 6) is -0.125. The minimum absolute atomic E-state index is 0.125.